The van der Waals surface area contributed by atoms with Crippen LogP contribution in [0.5, 0.6) is 0 Å². The Kier molecular flexibility index (Phi) is 4.54. The maximum Gasteiger partial charge on any atom is 0.227 e. The smallest absolute Gasteiger partial charge is 0.227 e. The molecule has 1 unspecified atom stereocenters. The molecule has 0 bridgehead atoms. The predicted octanol–water partition coefficient (Wildman–Crippen LogP) is 4.88. The second kappa shape index (κ2) is 7.37. The lowest BCUT2D eigenvalue weighted by atomic mass is 10.1. The van der Waals surface area contributed by atoms with E-state index in [1.165, 1.54) is 17.0 Å². The molecule has 4 nitrogen and oxygen atoms in total. The summed E-state index contributed by atoms with van der Waals surface area (Å²) in [6.45, 7) is 0.646. The summed E-state index contributed by atoms with van der Waals surface area (Å²) in [5, 5.41) is 0. The number of hydrogen-bond donors (Lipinski definition) is 0. The van der Waals surface area contributed by atoms with Gasteiger partial charge in [-0.1, -0.05) is 42.5 Å². The molecule has 1 fully saturated rings. The molecular formula is C24H19F2N3O. The fourth-order valence-electron chi connectivity index (χ4n) is 4.15. The van der Waals surface area contributed by atoms with Gasteiger partial charge in [-0.05, 0) is 30.3 Å². The molecule has 4 aromatic rings. The molecule has 1 amide bonds. The average Bonchev–Trinajstić information content (AvgIpc) is 3.31. The van der Waals surface area contributed by atoms with Gasteiger partial charge in [-0.2, -0.15) is 0 Å². The Bertz CT molecular complexity index is 1250. The van der Waals surface area contributed by atoms with Gasteiger partial charge in [0, 0.05) is 24.4 Å². The first-order chi connectivity index (χ1) is 14.6. The van der Waals surface area contributed by atoms with Crippen molar-refractivity contribution in [1.29, 1.82) is 0 Å². The van der Waals surface area contributed by atoms with Crippen LogP contribution in [-0.4, -0.2) is 22.0 Å². The highest BCUT2D eigenvalue weighted by Crippen LogP contribution is 2.34. The fourth-order valence-corrected chi connectivity index (χ4v) is 4.15. The Morgan fingerprint density at radius 2 is 1.60 bits per heavy atom. The maximum atomic E-state index is 14.3. The third kappa shape index (κ3) is 3.14. The van der Waals surface area contributed by atoms with E-state index < -0.39 is 5.82 Å². The predicted molar refractivity (Wildman–Crippen MR) is 111 cm³/mol. The zero-order valence-electron chi connectivity index (χ0n) is 16.1. The average molecular weight is 403 g/mol. The number of imidazole rings is 1. The van der Waals surface area contributed by atoms with E-state index in [9.17, 15) is 13.6 Å². The summed E-state index contributed by atoms with van der Waals surface area (Å²) < 4.78 is 30.6. The SMILES string of the molecule is O=C1CC(c2nc3ccccc3n2Cc2ccccc2F)CN1c1ccccc1F. The van der Waals surface area contributed by atoms with Gasteiger partial charge in [-0.25, -0.2) is 13.8 Å². The molecule has 1 atom stereocenters. The lowest BCUT2D eigenvalue weighted by Crippen LogP contribution is -2.25. The van der Waals surface area contributed by atoms with Crippen LogP contribution in [-0.2, 0) is 11.3 Å². The Labute approximate surface area is 172 Å². The number of para-hydroxylation sites is 3. The third-order valence-corrected chi connectivity index (χ3v) is 5.60. The lowest BCUT2D eigenvalue weighted by molar-refractivity contribution is -0.117. The van der Waals surface area contributed by atoms with Crippen molar-refractivity contribution in [3.05, 3.63) is 95.8 Å². The van der Waals surface area contributed by atoms with Crippen molar-refractivity contribution in [1.82, 2.24) is 9.55 Å². The van der Waals surface area contributed by atoms with Gasteiger partial charge in [0.25, 0.3) is 0 Å². The second-order valence-electron chi connectivity index (χ2n) is 7.49. The quantitative estimate of drug-likeness (QED) is 0.487. The van der Waals surface area contributed by atoms with Gasteiger partial charge >= 0.3 is 0 Å². The van der Waals surface area contributed by atoms with Crippen molar-refractivity contribution >= 4 is 22.6 Å². The van der Waals surface area contributed by atoms with Crippen molar-refractivity contribution < 1.29 is 13.6 Å². The van der Waals surface area contributed by atoms with Crippen LogP contribution in [0.15, 0.2) is 72.8 Å². The zero-order valence-corrected chi connectivity index (χ0v) is 16.1. The summed E-state index contributed by atoms with van der Waals surface area (Å²) in [6.07, 6.45) is 0.231. The molecule has 1 aliphatic heterocycles. The number of fused-ring (bicyclic) bond motifs is 1. The van der Waals surface area contributed by atoms with Crippen LogP contribution in [0.2, 0.25) is 0 Å². The number of carbonyl (C=O) groups is 1. The Hall–Kier alpha value is -3.54. The van der Waals surface area contributed by atoms with E-state index in [1.807, 2.05) is 28.8 Å². The Morgan fingerprint density at radius 1 is 0.900 bits per heavy atom. The number of carbonyl (C=O) groups excluding carboxylic acids is 1. The molecule has 1 aliphatic rings. The maximum absolute atomic E-state index is 14.3. The Balaban J connectivity index is 1.55. The minimum atomic E-state index is -0.425. The van der Waals surface area contributed by atoms with E-state index >= 15 is 0 Å². The molecule has 1 aromatic heterocycles. The van der Waals surface area contributed by atoms with Crippen LogP contribution < -0.4 is 4.90 Å². The highest BCUT2D eigenvalue weighted by atomic mass is 19.1. The number of halogens is 2. The molecule has 1 saturated heterocycles. The second-order valence-corrected chi connectivity index (χ2v) is 7.49. The van der Waals surface area contributed by atoms with Crippen molar-refractivity contribution in [2.24, 2.45) is 0 Å². The van der Waals surface area contributed by atoms with Crippen LogP contribution >= 0.6 is 0 Å². The van der Waals surface area contributed by atoms with E-state index in [1.54, 1.807) is 36.4 Å². The van der Waals surface area contributed by atoms with Gasteiger partial charge in [0.1, 0.15) is 17.5 Å². The number of aromatic nitrogens is 2. The van der Waals surface area contributed by atoms with Crippen molar-refractivity contribution in [3.8, 4) is 0 Å². The number of nitrogens with zero attached hydrogens (tertiary/aromatic N) is 3. The van der Waals surface area contributed by atoms with E-state index in [0.717, 1.165) is 11.0 Å². The molecule has 5 rings (SSSR count). The minimum Gasteiger partial charge on any atom is -0.323 e. The van der Waals surface area contributed by atoms with Gasteiger partial charge < -0.3 is 9.47 Å². The van der Waals surface area contributed by atoms with Gasteiger partial charge in [0.05, 0.1) is 23.3 Å². The highest BCUT2D eigenvalue weighted by Gasteiger charge is 2.35. The molecule has 0 N–H and O–H groups in total. The van der Waals surface area contributed by atoms with Gasteiger partial charge in [-0.3, -0.25) is 4.79 Å². The van der Waals surface area contributed by atoms with Crippen molar-refractivity contribution in [3.63, 3.8) is 0 Å². The molecule has 6 heteroatoms. The lowest BCUT2D eigenvalue weighted by Gasteiger charge is -2.18. The first-order valence-corrected chi connectivity index (χ1v) is 9.85. The summed E-state index contributed by atoms with van der Waals surface area (Å²) >= 11 is 0. The minimum absolute atomic E-state index is 0.144. The first-order valence-electron chi connectivity index (χ1n) is 9.85. The molecule has 3 aromatic carbocycles. The van der Waals surface area contributed by atoms with Crippen LogP contribution in [0.3, 0.4) is 0 Å². The normalized spacial score (nSPS) is 16.5. The molecule has 0 aliphatic carbocycles. The van der Waals surface area contributed by atoms with E-state index in [-0.39, 0.29) is 29.8 Å². The third-order valence-electron chi connectivity index (χ3n) is 5.60. The van der Waals surface area contributed by atoms with Crippen LogP contribution in [0, 0.1) is 11.6 Å². The molecule has 0 spiro atoms. The van der Waals surface area contributed by atoms with Crippen LogP contribution in [0.25, 0.3) is 11.0 Å². The van der Waals surface area contributed by atoms with E-state index in [4.69, 9.17) is 4.98 Å². The summed E-state index contributed by atoms with van der Waals surface area (Å²) in [4.78, 5) is 19.0. The van der Waals surface area contributed by atoms with Gasteiger partial charge in [0.2, 0.25) is 5.91 Å². The largest absolute Gasteiger partial charge is 0.323 e. The molecule has 2 heterocycles. The fraction of sp³-hybridized carbons (Fsp3) is 0.167. The van der Waals surface area contributed by atoms with Gasteiger partial charge in [-0.15, -0.1) is 0 Å². The number of amides is 1. The highest BCUT2D eigenvalue weighted by molar-refractivity contribution is 5.96. The molecule has 30 heavy (non-hydrogen) atoms. The summed E-state index contributed by atoms with van der Waals surface area (Å²) in [5.74, 6) is -0.347. The van der Waals surface area contributed by atoms with Crippen LogP contribution in [0.1, 0.15) is 23.7 Å². The summed E-state index contributed by atoms with van der Waals surface area (Å²) in [6, 6.07) is 20.6. The van der Waals surface area contributed by atoms with E-state index in [0.29, 0.717) is 24.5 Å². The van der Waals surface area contributed by atoms with Gasteiger partial charge in [0.15, 0.2) is 0 Å². The first kappa shape index (κ1) is 18.5. The topological polar surface area (TPSA) is 38.1 Å². The molecule has 0 saturated carbocycles. The summed E-state index contributed by atoms with van der Waals surface area (Å²) in [7, 11) is 0. The standard InChI is InChI=1S/C24H19F2N3O/c25-18-8-2-1-7-16(18)14-29-22-12-6-4-10-20(22)27-24(29)17-13-23(30)28(15-17)21-11-5-3-9-19(21)26/h1-12,17H,13-15H2. The van der Waals surface area contributed by atoms with Crippen molar-refractivity contribution in [2.45, 2.75) is 18.9 Å². The molecular weight excluding hydrogens is 384 g/mol. The summed E-state index contributed by atoms with van der Waals surface area (Å²) in [5.41, 5.74) is 2.51. The number of benzene rings is 3. The molecule has 0 radical (unpaired) electrons. The monoisotopic (exact) mass is 403 g/mol. The van der Waals surface area contributed by atoms with Crippen molar-refractivity contribution in [2.75, 3.05) is 11.4 Å². The Morgan fingerprint density at radius 3 is 2.40 bits per heavy atom. The van der Waals surface area contributed by atoms with E-state index in [2.05, 4.69) is 0 Å². The number of rotatable bonds is 4. The van der Waals surface area contributed by atoms with Crippen LogP contribution in [0.4, 0.5) is 14.5 Å². The molecule has 150 valence electrons. The number of hydrogen-bond acceptors (Lipinski definition) is 2. The number of anilines is 1. The zero-order chi connectivity index (χ0) is 20.7.